The average Bonchev–Trinajstić information content (AvgIpc) is 2.38. The van der Waals surface area contributed by atoms with E-state index < -0.39 is 11.8 Å². The van der Waals surface area contributed by atoms with E-state index in [0.29, 0.717) is 5.75 Å². The monoisotopic (exact) mass is 247 g/mol. The first-order valence-electron chi connectivity index (χ1n) is 5.22. The van der Waals surface area contributed by atoms with Crippen LogP contribution in [-0.2, 0) is 6.61 Å². The van der Waals surface area contributed by atoms with Gasteiger partial charge in [0.05, 0.1) is 11.8 Å². The smallest absolute Gasteiger partial charge is 0.338 e. The summed E-state index contributed by atoms with van der Waals surface area (Å²) in [7, 11) is 0. The number of carboxylic acid groups (broad SMARTS) is 1. The van der Waals surface area contributed by atoms with Crippen LogP contribution >= 0.6 is 0 Å². The van der Waals surface area contributed by atoms with E-state index in [1.54, 1.807) is 18.3 Å². The minimum atomic E-state index is -1.30. The molecule has 18 heavy (non-hydrogen) atoms. The molecule has 0 unspecified atom stereocenters. The van der Waals surface area contributed by atoms with Crippen LogP contribution in [0, 0.1) is 5.82 Å². The van der Waals surface area contributed by atoms with Crippen LogP contribution in [0.1, 0.15) is 15.9 Å². The Morgan fingerprint density at radius 3 is 2.83 bits per heavy atom. The predicted octanol–water partition coefficient (Wildman–Crippen LogP) is 2.50. The molecule has 0 saturated carbocycles. The molecular formula is C13H10FNO3. The van der Waals surface area contributed by atoms with Crippen LogP contribution in [0.2, 0.25) is 0 Å². The van der Waals surface area contributed by atoms with Gasteiger partial charge in [0.15, 0.2) is 0 Å². The van der Waals surface area contributed by atoms with Crippen molar-refractivity contribution >= 4 is 5.97 Å². The Morgan fingerprint density at radius 2 is 2.17 bits per heavy atom. The summed E-state index contributed by atoms with van der Waals surface area (Å²) in [5.41, 5.74) is -0.166. The van der Waals surface area contributed by atoms with Gasteiger partial charge in [-0.1, -0.05) is 12.1 Å². The van der Waals surface area contributed by atoms with Crippen molar-refractivity contribution in [2.24, 2.45) is 0 Å². The molecule has 0 radical (unpaired) electrons. The van der Waals surface area contributed by atoms with Crippen molar-refractivity contribution in [1.82, 2.24) is 4.98 Å². The Hall–Kier alpha value is -2.43. The van der Waals surface area contributed by atoms with Crippen LogP contribution in [0.4, 0.5) is 4.39 Å². The fraction of sp³-hybridized carbons (Fsp3) is 0.0769. The van der Waals surface area contributed by atoms with E-state index in [1.165, 1.54) is 24.4 Å². The number of hydrogen-bond donors (Lipinski definition) is 1. The molecule has 0 amide bonds. The van der Waals surface area contributed by atoms with E-state index in [9.17, 15) is 9.18 Å². The summed E-state index contributed by atoms with van der Waals surface area (Å²) >= 11 is 0. The minimum absolute atomic E-state index is 0.0430. The molecule has 2 rings (SSSR count). The van der Waals surface area contributed by atoms with Crippen molar-refractivity contribution < 1.29 is 19.0 Å². The molecule has 1 heterocycles. The quantitative estimate of drug-likeness (QED) is 0.901. The highest BCUT2D eigenvalue weighted by Crippen LogP contribution is 2.16. The number of hydrogen-bond acceptors (Lipinski definition) is 3. The standard InChI is InChI=1S/C13H10FNO3/c14-12-9(3-1-5-11(12)13(16)17)8-18-10-4-2-6-15-7-10/h1-7H,8H2,(H,16,17). The van der Waals surface area contributed by atoms with E-state index >= 15 is 0 Å². The van der Waals surface area contributed by atoms with Crippen molar-refractivity contribution in [3.8, 4) is 5.75 Å². The van der Waals surface area contributed by atoms with Crippen LogP contribution in [0.5, 0.6) is 5.75 Å². The average molecular weight is 247 g/mol. The summed E-state index contributed by atoms with van der Waals surface area (Å²) in [6, 6.07) is 7.56. The summed E-state index contributed by atoms with van der Waals surface area (Å²) in [6.45, 7) is -0.0430. The number of ether oxygens (including phenoxy) is 1. The molecule has 0 aliphatic carbocycles. The minimum Gasteiger partial charge on any atom is -0.487 e. The Labute approximate surface area is 103 Å². The van der Waals surface area contributed by atoms with E-state index in [4.69, 9.17) is 9.84 Å². The second-order valence-electron chi connectivity index (χ2n) is 3.56. The third-order valence-electron chi connectivity index (χ3n) is 2.34. The second-order valence-corrected chi connectivity index (χ2v) is 3.56. The molecule has 92 valence electrons. The molecule has 1 N–H and O–H groups in total. The largest absolute Gasteiger partial charge is 0.487 e. The Kier molecular flexibility index (Phi) is 3.52. The maximum Gasteiger partial charge on any atom is 0.338 e. The van der Waals surface area contributed by atoms with Gasteiger partial charge in [-0.05, 0) is 18.2 Å². The van der Waals surface area contributed by atoms with Gasteiger partial charge in [-0.3, -0.25) is 4.98 Å². The Morgan fingerprint density at radius 1 is 1.33 bits per heavy atom. The maximum absolute atomic E-state index is 13.7. The second kappa shape index (κ2) is 5.27. The van der Waals surface area contributed by atoms with Gasteiger partial charge >= 0.3 is 5.97 Å². The zero-order valence-electron chi connectivity index (χ0n) is 9.34. The Balaban J connectivity index is 2.15. The lowest BCUT2D eigenvalue weighted by Gasteiger charge is -2.07. The van der Waals surface area contributed by atoms with Crippen molar-refractivity contribution in [1.29, 1.82) is 0 Å². The molecule has 0 aliphatic heterocycles. The highest BCUT2D eigenvalue weighted by molar-refractivity contribution is 5.88. The zero-order valence-corrected chi connectivity index (χ0v) is 9.34. The predicted molar refractivity (Wildman–Crippen MR) is 61.9 cm³/mol. The van der Waals surface area contributed by atoms with Crippen molar-refractivity contribution in [3.05, 3.63) is 59.7 Å². The molecule has 2 aromatic rings. The number of aromatic carboxylic acids is 1. The summed E-state index contributed by atoms with van der Waals surface area (Å²) < 4.78 is 19.1. The van der Waals surface area contributed by atoms with Gasteiger partial charge in [0.2, 0.25) is 0 Å². The SMILES string of the molecule is O=C(O)c1cccc(COc2cccnc2)c1F. The van der Waals surface area contributed by atoms with E-state index in [1.807, 2.05) is 0 Å². The van der Waals surface area contributed by atoms with E-state index in [2.05, 4.69) is 4.98 Å². The van der Waals surface area contributed by atoms with Gasteiger partial charge in [-0.15, -0.1) is 0 Å². The van der Waals surface area contributed by atoms with Crippen molar-refractivity contribution in [2.45, 2.75) is 6.61 Å². The number of benzene rings is 1. The Bertz CT molecular complexity index is 557. The highest BCUT2D eigenvalue weighted by atomic mass is 19.1. The molecule has 0 bridgehead atoms. The third kappa shape index (κ3) is 2.63. The van der Waals surface area contributed by atoms with Gasteiger partial charge in [-0.25, -0.2) is 9.18 Å². The highest BCUT2D eigenvalue weighted by Gasteiger charge is 2.13. The molecule has 0 saturated heterocycles. The lowest BCUT2D eigenvalue weighted by Crippen LogP contribution is -2.06. The van der Waals surface area contributed by atoms with Crippen LogP contribution < -0.4 is 4.74 Å². The lowest BCUT2D eigenvalue weighted by molar-refractivity contribution is 0.0691. The third-order valence-corrected chi connectivity index (χ3v) is 2.34. The fourth-order valence-corrected chi connectivity index (χ4v) is 1.45. The molecule has 0 atom stereocenters. The first kappa shape index (κ1) is 12.0. The van der Waals surface area contributed by atoms with Gasteiger partial charge in [0, 0.05) is 11.8 Å². The summed E-state index contributed by atoms with van der Waals surface area (Å²) in [5.74, 6) is -1.57. The number of aromatic nitrogens is 1. The first-order chi connectivity index (χ1) is 8.68. The summed E-state index contributed by atoms with van der Waals surface area (Å²) in [6.07, 6.45) is 3.09. The van der Waals surface area contributed by atoms with Crippen LogP contribution in [0.15, 0.2) is 42.7 Å². The number of halogens is 1. The number of carbonyl (C=O) groups is 1. The van der Waals surface area contributed by atoms with Gasteiger partial charge < -0.3 is 9.84 Å². The molecule has 0 aliphatic rings. The normalized spacial score (nSPS) is 10.1. The topological polar surface area (TPSA) is 59.4 Å². The van der Waals surface area contributed by atoms with Crippen LogP contribution in [0.25, 0.3) is 0 Å². The number of nitrogens with zero attached hydrogens (tertiary/aromatic N) is 1. The summed E-state index contributed by atoms with van der Waals surface area (Å²) in [5, 5.41) is 8.78. The number of pyridine rings is 1. The van der Waals surface area contributed by atoms with Crippen LogP contribution in [-0.4, -0.2) is 16.1 Å². The molecular weight excluding hydrogens is 237 g/mol. The van der Waals surface area contributed by atoms with E-state index in [-0.39, 0.29) is 17.7 Å². The molecule has 1 aromatic heterocycles. The number of carboxylic acids is 1. The van der Waals surface area contributed by atoms with E-state index in [0.717, 1.165) is 0 Å². The van der Waals surface area contributed by atoms with Crippen molar-refractivity contribution in [2.75, 3.05) is 0 Å². The van der Waals surface area contributed by atoms with Gasteiger partial charge in [0.1, 0.15) is 18.2 Å². The molecule has 5 heteroatoms. The fourth-order valence-electron chi connectivity index (χ4n) is 1.45. The molecule has 4 nitrogen and oxygen atoms in total. The summed E-state index contributed by atoms with van der Waals surface area (Å²) in [4.78, 5) is 14.6. The van der Waals surface area contributed by atoms with Crippen molar-refractivity contribution in [3.63, 3.8) is 0 Å². The lowest BCUT2D eigenvalue weighted by atomic mass is 10.1. The molecule has 1 aromatic carbocycles. The maximum atomic E-state index is 13.7. The molecule has 0 spiro atoms. The van der Waals surface area contributed by atoms with Gasteiger partial charge in [-0.2, -0.15) is 0 Å². The number of rotatable bonds is 4. The van der Waals surface area contributed by atoms with Crippen LogP contribution in [0.3, 0.4) is 0 Å². The first-order valence-corrected chi connectivity index (χ1v) is 5.22. The molecule has 0 fully saturated rings. The van der Waals surface area contributed by atoms with Gasteiger partial charge in [0.25, 0.3) is 0 Å². The zero-order chi connectivity index (χ0) is 13.0.